The molecule has 2 heterocycles. The van der Waals surface area contributed by atoms with Crippen LogP contribution in [0.3, 0.4) is 0 Å². The highest BCUT2D eigenvalue weighted by Crippen LogP contribution is 2.21. The lowest BCUT2D eigenvalue weighted by Gasteiger charge is -2.02. The van der Waals surface area contributed by atoms with Crippen LogP contribution in [0.15, 0.2) is 54.6 Å². The first kappa shape index (κ1) is 12.4. The van der Waals surface area contributed by atoms with E-state index < -0.39 is 0 Å². The molecule has 0 unspecified atom stereocenters. The lowest BCUT2D eigenvalue weighted by Crippen LogP contribution is -2.01. The molecule has 100 valence electrons. The highest BCUT2D eigenvalue weighted by molar-refractivity contribution is 5.55. The van der Waals surface area contributed by atoms with E-state index in [1.54, 1.807) is 10.7 Å². The van der Waals surface area contributed by atoms with E-state index >= 15 is 0 Å². The Morgan fingerprint density at radius 2 is 1.80 bits per heavy atom. The number of aromatic nitrogens is 3. The maximum atomic E-state index is 10.00. The van der Waals surface area contributed by atoms with Gasteiger partial charge in [0.05, 0.1) is 12.2 Å². The molecule has 3 aromatic rings. The lowest BCUT2D eigenvalue weighted by molar-refractivity contribution is 0.409. The van der Waals surface area contributed by atoms with Gasteiger partial charge in [-0.15, -0.1) is 0 Å². The van der Waals surface area contributed by atoms with Gasteiger partial charge in [0.15, 0.2) is 0 Å². The Labute approximate surface area is 117 Å². The molecule has 4 heteroatoms. The third-order valence-corrected chi connectivity index (χ3v) is 3.08. The number of nitrogens with zero attached hydrogens (tertiary/aromatic N) is 3. The van der Waals surface area contributed by atoms with E-state index in [2.05, 4.69) is 10.1 Å². The fraction of sp³-hybridized carbons (Fsp3) is 0.125. The number of hydrogen-bond acceptors (Lipinski definition) is 3. The first-order valence-corrected chi connectivity index (χ1v) is 6.47. The normalized spacial score (nSPS) is 10.7. The van der Waals surface area contributed by atoms with Gasteiger partial charge in [-0.3, -0.25) is 4.98 Å². The van der Waals surface area contributed by atoms with Crippen molar-refractivity contribution in [2.24, 2.45) is 0 Å². The molecule has 1 aromatic carbocycles. The van der Waals surface area contributed by atoms with Gasteiger partial charge in [-0.1, -0.05) is 36.4 Å². The van der Waals surface area contributed by atoms with Gasteiger partial charge in [0.2, 0.25) is 5.88 Å². The number of rotatable bonds is 3. The molecule has 1 N–H and O–H groups in total. The summed E-state index contributed by atoms with van der Waals surface area (Å²) in [4.78, 5) is 4.42. The van der Waals surface area contributed by atoms with Gasteiger partial charge in [-0.2, -0.15) is 5.10 Å². The molecule has 0 aliphatic rings. The molecule has 0 atom stereocenters. The monoisotopic (exact) mass is 265 g/mol. The van der Waals surface area contributed by atoms with Crippen LogP contribution in [0, 0.1) is 6.92 Å². The van der Waals surface area contributed by atoms with Gasteiger partial charge >= 0.3 is 0 Å². The van der Waals surface area contributed by atoms with Crippen LogP contribution >= 0.6 is 0 Å². The summed E-state index contributed by atoms with van der Waals surface area (Å²) in [5.74, 6) is 0.146. The molecule has 0 amide bonds. The van der Waals surface area contributed by atoms with E-state index in [9.17, 15) is 5.11 Å². The Morgan fingerprint density at radius 1 is 1.00 bits per heavy atom. The van der Waals surface area contributed by atoms with Crippen LogP contribution in [-0.4, -0.2) is 19.9 Å². The van der Waals surface area contributed by atoms with E-state index in [0.717, 1.165) is 17.0 Å². The third kappa shape index (κ3) is 2.54. The maximum absolute atomic E-state index is 10.00. The van der Waals surface area contributed by atoms with Crippen LogP contribution in [0.4, 0.5) is 0 Å². The first-order chi connectivity index (χ1) is 9.72. The Bertz CT molecular complexity index is 720. The molecule has 20 heavy (non-hydrogen) atoms. The molecule has 0 saturated carbocycles. The van der Waals surface area contributed by atoms with Crippen LogP contribution in [0.5, 0.6) is 5.88 Å². The van der Waals surface area contributed by atoms with Crippen molar-refractivity contribution in [3.63, 3.8) is 0 Å². The Kier molecular flexibility index (Phi) is 3.21. The van der Waals surface area contributed by atoms with Crippen molar-refractivity contribution in [2.75, 3.05) is 0 Å². The summed E-state index contributed by atoms with van der Waals surface area (Å²) in [7, 11) is 0. The molecule has 0 radical (unpaired) electrons. The summed E-state index contributed by atoms with van der Waals surface area (Å²) < 4.78 is 1.58. The molecule has 0 bridgehead atoms. The molecule has 0 spiro atoms. The predicted molar refractivity (Wildman–Crippen MR) is 77.4 cm³/mol. The zero-order valence-electron chi connectivity index (χ0n) is 11.2. The Balaban J connectivity index is 1.91. The van der Waals surface area contributed by atoms with E-state index in [1.165, 1.54) is 0 Å². The van der Waals surface area contributed by atoms with Crippen LogP contribution < -0.4 is 0 Å². The zero-order chi connectivity index (χ0) is 13.9. The number of benzene rings is 1. The SMILES string of the molecule is Cc1cccc(-c2cc(O)n(Cc3ccccc3)n2)n1. The first-order valence-electron chi connectivity index (χ1n) is 6.47. The van der Waals surface area contributed by atoms with Crippen molar-refractivity contribution in [1.29, 1.82) is 0 Å². The molecule has 4 nitrogen and oxygen atoms in total. The minimum Gasteiger partial charge on any atom is -0.493 e. The molecule has 0 aliphatic heterocycles. The lowest BCUT2D eigenvalue weighted by atomic mass is 10.2. The average Bonchev–Trinajstić information content (AvgIpc) is 2.81. The summed E-state index contributed by atoms with van der Waals surface area (Å²) in [6.45, 7) is 2.48. The second-order valence-corrected chi connectivity index (χ2v) is 4.70. The summed E-state index contributed by atoms with van der Waals surface area (Å²) >= 11 is 0. The highest BCUT2D eigenvalue weighted by Gasteiger charge is 2.10. The quantitative estimate of drug-likeness (QED) is 0.792. The van der Waals surface area contributed by atoms with Crippen molar-refractivity contribution in [3.05, 3.63) is 65.9 Å². The Morgan fingerprint density at radius 3 is 2.55 bits per heavy atom. The second-order valence-electron chi connectivity index (χ2n) is 4.70. The van der Waals surface area contributed by atoms with E-state index in [4.69, 9.17) is 0 Å². The summed E-state index contributed by atoms with van der Waals surface area (Å²) in [6.07, 6.45) is 0. The zero-order valence-corrected chi connectivity index (χ0v) is 11.2. The molecule has 0 saturated heterocycles. The largest absolute Gasteiger partial charge is 0.493 e. The smallest absolute Gasteiger partial charge is 0.210 e. The second kappa shape index (κ2) is 5.17. The number of hydrogen-bond donors (Lipinski definition) is 1. The van der Waals surface area contributed by atoms with Crippen molar-refractivity contribution in [2.45, 2.75) is 13.5 Å². The van der Waals surface area contributed by atoms with E-state index in [-0.39, 0.29) is 5.88 Å². The van der Waals surface area contributed by atoms with Crippen molar-refractivity contribution < 1.29 is 5.11 Å². The molecule has 0 fully saturated rings. The van der Waals surface area contributed by atoms with Gasteiger partial charge in [0.1, 0.15) is 5.69 Å². The van der Waals surface area contributed by atoms with Gasteiger partial charge in [0.25, 0.3) is 0 Å². The third-order valence-electron chi connectivity index (χ3n) is 3.08. The molecular formula is C16H15N3O. The predicted octanol–water partition coefficient (Wildman–Crippen LogP) is 3.01. The molecular weight excluding hydrogens is 250 g/mol. The molecule has 3 rings (SSSR count). The number of aryl methyl sites for hydroxylation is 1. The topological polar surface area (TPSA) is 50.9 Å². The van der Waals surface area contributed by atoms with Crippen LogP contribution in [0.25, 0.3) is 11.4 Å². The van der Waals surface area contributed by atoms with Crippen LogP contribution in [0.2, 0.25) is 0 Å². The molecule has 0 aliphatic carbocycles. The van der Waals surface area contributed by atoms with Gasteiger partial charge in [-0.05, 0) is 24.6 Å². The van der Waals surface area contributed by atoms with Gasteiger partial charge in [0, 0.05) is 11.8 Å². The van der Waals surface area contributed by atoms with Gasteiger partial charge in [-0.25, -0.2) is 4.68 Å². The highest BCUT2D eigenvalue weighted by atomic mass is 16.3. The minimum atomic E-state index is 0.146. The minimum absolute atomic E-state index is 0.146. The van der Waals surface area contributed by atoms with Crippen molar-refractivity contribution >= 4 is 0 Å². The average molecular weight is 265 g/mol. The standard InChI is InChI=1S/C16H15N3O/c1-12-6-5-9-14(17-12)15-10-16(20)19(18-15)11-13-7-3-2-4-8-13/h2-10,20H,11H2,1H3. The van der Waals surface area contributed by atoms with Crippen molar-refractivity contribution in [3.8, 4) is 17.3 Å². The molecule has 2 aromatic heterocycles. The van der Waals surface area contributed by atoms with Crippen LogP contribution in [0.1, 0.15) is 11.3 Å². The van der Waals surface area contributed by atoms with E-state index in [0.29, 0.717) is 12.2 Å². The van der Waals surface area contributed by atoms with Crippen molar-refractivity contribution in [1.82, 2.24) is 14.8 Å². The number of pyridine rings is 1. The van der Waals surface area contributed by atoms with Crippen LogP contribution in [-0.2, 0) is 6.54 Å². The maximum Gasteiger partial charge on any atom is 0.210 e. The summed E-state index contributed by atoms with van der Waals surface area (Å²) in [5.41, 5.74) is 3.48. The van der Waals surface area contributed by atoms with Gasteiger partial charge < -0.3 is 5.11 Å². The summed E-state index contributed by atoms with van der Waals surface area (Å²) in [6, 6.07) is 17.3. The fourth-order valence-corrected chi connectivity index (χ4v) is 2.09. The number of aromatic hydroxyl groups is 1. The Hall–Kier alpha value is -2.62. The summed E-state index contributed by atoms with van der Waals surface area (Å²) in [5, 5.41) is 14.4. The fourth-order valence-electron chi connectivity index (χ4n) is 2.09. The van der Waals surface area contributed by atoms with E-state index in [1.807, 2.05) is 55.5 Å².